The first-order valence-electron chi connectivity index (χ1n) is 7.47. The van der Waals surface area contributed by atoms with E-state index in [1.54, 1.807) is 18.4 Å². The van der Waals surface area contributed by atoms with Crippen LogP contribution in [0.2, 0.25) is 0 Å². The molecule has 132 valence electrons. The Labute approximate surface area is 159 Å². The van der Waals surface area contributed by atoms with E-state index in [0.29, 0.717) is 25.0 Å². The fraction of sp³-hybridized carbons (Fsp3) is 0.600. The third-order valence-corrected chi connectivity index (χ3v) is 3.74. The highest BCUT2D eigenvalue weighted by Crippen LogP contribution is 2.16. The van der Waals surface area contributed by atoms with Gasteiger partial charge in [-0.3, -0.25) is 4.79 Å². The number of nitrogens with one attached hydrogen (secondary N) is 3. The molecule has 0 saturated heterocycles. The summed E-state index contributed by atoms with van der Waals surface area (Å²) < 4.78 is 4.88. The van der Waals surface area contributed by atoms with Crippen molar-refractivity contribution in [3.05, 3.63) is 22.4 Å². The van der Waals surface area contributed by atoms with Crippen LogP contribution in [0.1, 0.15) is 25.3 Å². The van der Waals surface area contributed by atoms with E-state index < -0.39 is 0 Å². The van der Waals surface area contributed by atoms with Crippen LogP contribution in [0.5, 0.6) is 0 Å². The Kier molecular flexibility index (Phi) is 13.0. The fourth-order valence-corrected chi connectivity index (χ4v) is 2.55. The molecule has 0 aliphatic carbocycles. The van der Waals surface area contributed by atoms with Crippen LogP contribution in [0.3, 0.4) is 0 Å². The van der Waals surface area contributed by atoms with Crippen LogP contribution in [-0.4, -0.2) is 51.8 Å². The molecule has 0 aromatic carbocycles. The number of hydrogen-bond acceptors (Lipinski definition) is 4. The Morgan fingerprint density at radius 3 is 2.78 bits per heavy atom. The molecule has 0 fully saturated rings. The highest BCUT2D eigenvalue weighted by molar-refractivity contribution is 14.0. The Hall–Kier alpha value is -0.870. The average Bonchev–Trinajstić information content (AvgIpc) is 3.04. The summed E-state index contributed by atoms with van der Waals surface area (Å²) in [5.41, 5.74) is 1.31. The predicted molar refractivity (Wildman–Crippen MR) is 107 cm³/mol. The molecule has 1 atom stereocenters. The molecule has 1 aromatic heterocycles. The number of ether oxygens (including phenoxy) is 1. The summed E-state index contributed by atoms with van der Waals surface area (Å²) in [4.78, 5) is 15.9. The maximum Gasteiger partial charge on any atom is 0.241 e. The van der Waals surface area contributed by atoms with Crippen molar-refractivity contribution >= 4 is 47.2 Å². The summed E-state index contributed by atoms with van der Waals surface area (Å²) >= 11 is 1.70. The molecule has 0 bridgehead atoms. The molecule has 1 unspecified atom stereocenters. The number of hydrogen-bond donors (Lipinski definition) is 3. The number of carbonyl (C=O) groups is 1. The monoisotopic (exact) mass is 454 g/mol. The van der Waals surface area contributed by atoms with Gasteiger partial charge in [0.05, 0.1) is 6.61 Å². The van der Waals surface area contributed by atoms with Gasteiger partial charge in [0.25, 0.3) is 0 Å². The molecule has 1 amide bonds. The van der Waals surface area contributed by atoms with Crippen molar-refractivity contribution in [1.82, 2.24) is 16.0 Å². The van der Waals surface area contributed by atoms with Crippen molar-refractivity contribution in [2.75, 3.05) is 39.9 Å². The van der Waals surface area contributed by atoms with E-state index in [9.17, 15) is 4.79 Å². The predicted octanol–water partition coefficient (Wildman–Crippen LogP) is 1.79. The number of guanidine groups is 1. The van der Waals surface area contributed by atoms with Crippen molar-refractivity contribution in [3.8, 4) is 0 Å². The standard InChI is InChI=1S/C15H26N4O2S.HI/c1-4-16-15(19-10-14(20)17-6-7-21-3)18-9-12(2)13-5-8-22-11-13;/h5,8,11-12H,4,6-7,9-10H2,1-3H3,(H,17,20)(H2,16,18,19);1H. The molecular weight excluding hydrogens is 427 g/mol. The van der Waals surface area contributed by atoms with Gasteiger partial charge in [-0.15, -0.1) is 24.0 Å². The molecule has 0 radical (unpaired) electrons. The van der Waals surface area contributed by atoms with Crippen LogP contribution in [0.4, 0.5) is 0 Å². The Morgan fingerprint density at radius 2 is 2.17 bits per heavy atom. The Bertz CT molecular complexity index is 454. The smallest absolute Gasteiger partial charge is 0.241 e. The Morgan fingerprint density at radius 1 is 1.39 bits per heavy atom. The lowest BCUT2D eigenvalue weighted by Gasteiger charge is -2.15. The first-order valence-corrected chi connectivity index (χ1v) is 8.41. The lowest BCUT2D eigenvalue weighted by molar-refractivity contribution is -0.119. The second kappa shape index (κ2) is 13.6. The summed E-state index contributed by atoms with van der Waals surface area (Å²) in [5.74, 6) is 0.942. The molecule has 0 spiro atoms. The van der Waals surface area contributed by atoms with Gasteiger partial charge >= 0.3 is 0 Å². The maximum atomic E-state index is 11.6. The van der Waals surface area contributed by atoms with Gasteiger partial charge in [0.1, 0.15) is 6.54 Å². The highest BCUT2D eigenvalue weighted by atomic mass is 127. The van der Waals surface area contributed by atoms with Crippen molar-refractivity contribution in [2.45, 2.75) is 19.8 Å². The van der Waals surface area contributed by atoms with Gasteiger partial charge < -0.3 is 20.7 Å². The minimum absolute atomic E-state index is 0. The van der Waals surface area contributed by atoms with Gasteiger partial charge in [-0.2, -0.15) is 11.3 Å². The minimum Gasteiger partial charge on any atom is -0.383 e. The van der Waals surface area contributed by atoms with Crippen molar-refractivity contribution in [3.63, 3.8) is 0 Å². The first kappa shape index (κ1) is 22.1. The van der Waals surface area contributed by atoms with Crippen molar-refractivity contribution in [2.24, 2.45) is 4.99 Å². The average molecular weight is 454 g/mol. The third-order valence-electron chi connectivity index (χ3n) is 3.04. The van der Waals surface area contributed by atoms with Gasteiger partial charge in [-0.05, 0) is 35.2 Å². The number of aliphatic imine (C=N–C) groups is 1. The number of methoxy groups -OCH3 is 1. The van der Waals surface area contributed by atoms with Gasteiger partial charge in [-0.1, -0.05) is 6.92 Å². The molecule has 0 aliphatic heterocycles. The van der Waals surface area contributed by atoms with Gasteiger partial charge in [-0.25, -0.2) is 4.99 Å². The number of rotatable bonds is 9. The highest BCUT2D eigenvalue weighted by Gasteiger charge is 2.07. The second-order valence-electron chi connectivity index (χ2n) is 4.88. The van der Waals surface area contributed by atoms with Crippen LogP contribution in [0, 0.1) is 0 Å². The lowest BCUT2D eigenvalue weighted by atomic mass is 10.1. The van der Waals surface area contributed by atoms with Crippen molar-refractivity contribution in [1.29, 1.82) is 0 Å². The number of nitrogens with zero attached hydrogens (tertiary/aromatic N) is 1. The molecule has 3 N–H and O–H groups in total. The first-order chi connectivity index (χ1) is 10.7. The zero-order valence-electron chi connectivity index (χ0n) is 13.9. The van der Waals surface area contributed by atoms with Crippen LogP contribution in [0.15, 0.2) is 21.8 Å². The van der Waals surface area contributed by atoms with E-state index in [-0.39, 0.29) is 36.4 Å². The minimum atomic E-state index is -0.111. The SMILES string of the molecule is CCNC(=NCC(=O)NCCOC)NCC(C)c1ccsc1.I. The molecule has 1 aromatic rings. The molecule has 6 nitrogen and oxygen atoms in total. The summed E-state index contributed by atoms with van der Waals surface area (Å²) in [5, 5.41) is 13.4. The second-order valence-corrected chi connectivity index (χ2v) is 5.66. The molecule has 0 saturated carbocycles. The normalized spacial score (nSPS) is 12.2. The fourth-order valence-electron chi connectivity index (χ4n) is 1.76. The number of thiophene rings is 1. The summed E-state index contributed by atoms with van der Waals surface area (Å²) in [6.45, 7) is 6.80. The maximum absolute atomic E-state index is 11.6. The lowest BCUT2D eigenvalue weighted by Crippen LogP contribution is -2.40. The van der Waals surface area contributed by atoms with Crippen LogP contribution < -0.4 is 16.0 Å². The number of halogens is 1. The molecule has 0 aliphatic rings. The van der Waals surface area contributed by atoms with Crippen LogP contribution in [0.25, 0.3) is 0 Å². The molecule has 1 rings (SSSR count). The van der Waals surface area contributed by atoms with Crippen molar-refractivity contribution < 1.29 is 9.53 Å². The van der Waals surface area contributed by atoms with E-state index >= 15 is 0 Å². The van der Waals surface area contributed by atoms with E-state index in [0.717, 1.165) is 13.1 Å². The number of carbonyl (C=O) groups excluding carboxylic acids is 1. The summed E-state index contributed by atoms with van der Waals surface area (Å²) in [7, 11) is 1.60. The van der Waals surface area contributed by atoms with E-state index in [1.165, 1.54) is 5.56 Å². The molecule has 8 heteroatoms. The largest absolute Gasteiger partial charge is 0.383 e. The quantitative estimate of drug-likeness (QED) is 0.230. The molecule has 1 heterocycles. The zero-order chi connectivity index (χ0) is 16.2. The summed E-state index contributed by atoms with van der Waals surface area (Å²) in [6, 6.07) is 2.13. The molecular formula is C15H27IN4O2S. The number of amides is 1. The topological polar surface area (TPSA) is 74.8 Å². The van der Waals surface area contributed by atoms with E-state index in [4.69, 9.17) is 4.74 Å². The van der Waals surface area contributed by atoms with Crippen LogP contribution >= 0.6 is 35.3 Å². The van der Waals surface area contributed by atoms with Gasteiger partial charge in [0, 0.05) is 26.7 Å². The van der Waals surface area contributed by atoms with Crippen LogP contribution in [-0.2, 0) is 9.53 Å². The molecule has 23 heavy (non-hydrogen) atoms. The summed E-state index contributed by atoms with van der Waals surface area (Å²) in [6.07, 6.45) is 0. The third kappa shape index (κ3) is 9.77. The Balaban J connectivity index is 0.00000484. The van der Waals surface area contributed by atoms with Gasteiger partial charge in [0.15, 0.2) is 5.96 Å². The zero-order valence-corrected chi connectivity index (χ0v) is 17.1. The van der Waals surface area contributed by atoms with E-state index in [2.05, 4.69) is 44.7 Å². The van der Waals surface area contributed by atoms with E-state index in [1.807, 2.05) is 6.92 Å². The van der Waals surface area contributed by atoms with Gasteiger partial charge in [0.2, 0.25) is 5.91 Å².